The highest BCUT2D eigenvalue weighted by Crippen LogP contribution is 2.18. The molecule has 6 heteroatoms. The van der Waals surface area contributed by atoms with Crippen molar-refractivity contribution in [2.45, 2.75) is 59.3 Å². The molecule has 0 amide bonds. The molecule has 162 valence electrons. The topological polar surface area (TPSA) is 66.8 Å². The van der Waals surface area contributed by atoms with Crippen LogP contribution in [0.3, 0.4) is 0 Å². The SMILES string of the molecule is CCCCCCCCOC(=O)C(=CC=C(N(CC)CC)S(=O)O)c1ccccc1. The second kappa shape index (κ2) is 15.0. The van der Waals surface area contributed by atoms with E-state index in [0.717, 1.165) is 24.8 Å². The molecule has 1 aromatic carbocycles. The van der Waals surface area contributed by atoms with Gasteiger partial charge >= 0.3 is 5.97 Å². The first-order chi connectivity index (χ1) is 14.0. The normalized spacial score (nSPS) is 13.2. The van der Waals surface area contributed by atoms with Crippen molar-refractivity contribution in [3.05, 3.63) is 53.1 Å². The van der Waals surface area contributed by atoms with Gasteiger partial charge in [0.15, 0.2) is 0 Å². The highest BCUT2D eigenvalue weighted by Gasteiger charge is 2.15. The van der Waals surface area contributed by atoms with Crippen LogP contribution in [0.2, 0.25) is 0 Å². The Morgan fingerprint density at radius 3 is 2.21 bits per heavy atom. The van der Waals surface area contributed by atoms with Crippen LogP contribution in [-0.2, 0) is 20.6 Å². The summed E-state index contributed by atoms with van der Waals surface area (Å²) in [6, 6.07) is 9.24. The van der Waals surface area contributed by atoms with Gasteiger partial charge in [-0.3, -0.25) is 0 Å². The fourth-order valence-electron chi connectivity index (χ4n) is 2.99. The van der Waals surface area contributed by atoms with Gasteiger partial charge in [-0.2, -0.15) is 0 Å². The second-order valence-corrected chi connectivity index (χ2v) is 7.69. The minimum atomic E-state index is -2.14. The van der Waals surface area contributed by atoms with Crippen molar-refractivity contribution in [2.75, 3.05) is 19.7 Å². The molecule has 1 atom stereocenters. The van der Waals surface area contributed by atoms with Gasteiger partial charge in [-0.15, -0.1) is 0 Å². The average Bonchev–Trinajstić information content (AvgIpc) is 2.73. The van der Waals surface area contributed by atoms with Crippen molar-refractivity contribution in [1.29, 1.82) is 0 Å². The smallest absolute Gasteiger partial charge is 0.338 e. The van der Waals surface area contributed by atoms with Gasteiger partial charge in [0.05, 0.1) is 12.2 Å². The van der Waals surface area contributed by atoms with Crippen LogP contribution < -0.4 is 0 Å². The number of rotatable bonds is 14. The number of unbranched alkanes of at least 4 members (excludes halogenated alkanes) is 5. The molecule has 1 aromatic rings. The van der Waals surface area contributed by atoms with Crippen LogP contribution in [0.25, 0.3) is 5.57 Å². The number of ether oxygens (including phenoxy) is 1. The van der Waals surface area contributed by atoms with E-state index in [1.165, 1.54) is 25.3 Å². The zero-order chi connectivity index (χ0) is 21.5. The quantitative estimate of drug-likeness (QED) is 0.144. The van der Waals surface area contributed by atoms with Gasteiger partial charge in [-0.05, 0) is 38.0 Å². The first-order valence-electron chi connectivity index (χ1n) is 10.5. The maximum atomic E-state index is 12.7. The fourth-order valence-corrected chi connectivity index (χ4v) is 3.65. The minimum Gasteiger partial charge on any atom is -0.462 e. The van der Waals surface area contributed by atoms with Crippen LogP contribution in [0.5, 0.6) is 0 Å². The number of carbonyl (C=O) groups is 1. The van der Waals surface area contributed by atoms with Crippen molar-refractivity contribution in [2.24, 2.45) is 0 Å². The van der Waals surface area contributed by atoms with Crippen LogP contribution >= 0.6 is 0 Å². The first-order valence-corrected chi connectivity index (χ1v) is 11.7. The van der Waals surface area contributed by atoms with Crippen molar-refractivity contribution in [3.8, 4) is 0 Å². The van der Waals surface area contributed by atoms with Gasteiger partial charge < -0.3 is 14.2 Å². The Morgan fingerprint density at radius 1 is 1.00 bits per heavy atom. The van der Waals surface area contributed by atoms with E-state index in [4.69, 9.17) is 4.74 Å². The molecule has 1 unspecified atom stereocenters. The third kappa shape index (κ3) is 9.41. The van der Waals surface area contributed by atoms with E-state index in [0.29, 0.717) is 25.3 Å². The van der Waals surface area contributed by atoms with Crippen LogP contribution in [0, 0.1) is 0 Å². The zero-order valence-electron chi connectivity index (χ0n) is 17.9. The molecule has 5 nitrogen and oxygen atoms in total. The lowest BCUT2D eigenvalue weighted by atomic mass is 10.1. The van der Waals surface area contributed by atoms with Crippen molar-refractivity contribution >= 4 is 22.6 Å². The number of hydrogen-bond acceptors (Lipinski definition) is 4. The number of hydrogen-bond donors (Lipinski definition) is 1. The van der Waals surface area contributed by atoms with Crippen LogP contribution in [0.15, 0.2) is 47.5 Å². The summed E-state index contributed by atoms with van der Waals surface area (Å²) in [6.45, 7) is 7.61. The summed E-state index contributed by atoms with van der Waals surface area (Å²) in [5, 5.41) is 0.271. The predicted octanol–water partition coefficient (Wildman–Crippen LogP) is 5.38. The maximum Gasteiger partial charge on any atom is 0.338 e. The molecule has 0 radical (unpaired) electrons. The van der Waals surface area contributed by atoms with Gasteiger partial charge in [0.2, 0.25) is 11.1 Å². The van der Waals surface area contributed by atoms with E-state index in [1.807, 2.05) is 44.2 Å². The zero-order valence-corrected chi connectivity index (χ0v) is 18.7. The van der Waals surface area contributed by atoms with Crippen molar-refractivity contribution in [3.63, 3.8) is 0 Å². The molecule has 0 bridgehead atoms. The van der Waals surface area contributed by atoms with E-state index in [1.54, 1.807) is 11.0 Å². The minimum absolute atomic E-state index is 0.271. The molecular weight excluding hydrogens is 386 g/mol. The molecular formula is C23H35NO4S. The summed E-state index contributed by atoms with van der Waals surface area (Å²) in [4.78, 5) is 14.5. The molecule has 29 heavy (non-hydrogen) atoms. The van der Waals surface area contributed by atoms with Gasteiger partial charge in [0.1, 0.15) is 5.03 Å². The molecule has 0 aromatic heterocycles. The molecule has 0 aliphatic carbocycles. The Kier molecular flexibility index (Phi) is 13.0. The molecule has 1 N–H and O–H groups in total. The summed E-state index contributed by atoms with van der Waals surface area (Å²) in [5.41, 5.74) is 1.10. The largest absolute Gasteiger partial charge is 0.462 e. The monoisotopic (exact) mass is 421 g/mol. The summed E-state index contributed by atoms with van der Waals surface area (Å²) < 4.78 is 26.9. The molecule has 1 rings (SSSR count). The van der Waals surface area contributed by atoms with Crippen LogP contribution in [-0.4, -0.2) is 39.3 Å². The first kappa shape index (κ1) is 25.1. The summed E-state index contributed by atoms with van der Waals surface area (Å²) >= 11 is -2.14. The lowest BCUT2D eigenvalue weighted by Crippen LogP contribution is -2.24. The fraction of sp³-hybridized carbons (Fsp3) is 0.522. The van der Waals surface area contributed by atoms with Gasteiger partial charge in [-0.25, -0.2) is 9.00 Å². The van der Waals surface area contributed by atoms with Crippen molar-refractivity contribution in [1.82, 2.24) is 4.90 Å². The standard InChI is InChI=1S/C23H35NO4S/c1-4-7-8-9-10-14-19-28-23(25)21(20-15-12-11-13-16-20)17-18-22(29(26)27)24(5-2)6-3/h11-13,15-18H,4-10,14,19H2,1-3H3,(H,26,27). The number of nitrogens with zero attached hydrogens (tertiary/aromatic N) is 1. The molecule has 0 spiro atoms. The Hall–Kier alpha value is -1.92. The highest BCUT2D eigenvalue weighted by molar-refractivity contribution is 7.83. The molecule has 0 saturated heterocycles. The Morgan fingerprint density at radius 2 is 1.62 bits per heavy atom. The summed E-state index contributed by atoms with van der Waals surface area (Å²) in [5.74, 6) is -0.413. The lowest BCUT2D eigenvalue weighted by molar-refractivity contribution is -0.136. The van der Waals surface area contributed by atoms with E-state index in [-0.39, 0.29) is 5.03 Å². The number of carbonyl (C=O) groups excluding carboxylic acids is 1. The Balaban J connectivity index is 2.91. The maximum absolute atomic E-state index is 12.7. The van der Waals surface area contributed by atoms with Gasteiger partial charge in [0.25, 0.3) is 0 Å². The van der Waals surface area contributed by atoms with Crippen LogP contribution in [0.1, 0.15) is 64.9 Å². The van der Waals surface area contributed by atoms with E-state index < -0.39 is 17.0 Å². The number of benzene rings is 1. The lowest BCUT2D eigenvalue weighted by Gasteiger charge is -2.21. The van der Waals surface area contributed by atoms with Crippen molar-refractivity contribution < 1.29 is 18.3 Å². The molecule has 0 aliphatic heterocycles. The molecule has 0 heterocycles. The Bertz CT molecular complexity index is 681. The third-order valence-electron chi connectivity index (χ3n) is 4.68. The average molecular weight is 422 g/mol. The summed E-state index contributed by atoms with van der Waals surface area (Å²) in [7, 11) is 0. The van der Waals surface area contributed by atoms with E-state index in [9.17, 15) is 13.6 Å². The molecule has 0 fully saturated rings. The molecule has 0 saturated carbocycles. The predicted molar refractivity (Wildman–Crippen MR) is 121 cm³/mol. The molecule has 0 aliphatic rings. The summed E-state index contributed by atoms with van der Waals surface area (Å²) in [6.07, 6.45) is 9.85. The Labute approximate surface area is 178 Å². The highest BCUT2D eigenvalue weighted by atomic mass is 32.2. The van der Waals surface area contributed by atoms with Crippen LogP contribution in [0.4, 0.5) is 0 Å². The number of allylic oxidation sites excluding steroid dienone is 2. The second-order valence-electron chi connectivity index (χ2n) is 6.78. The van der Waals surface area contributed by atoms with Gasteiger partial charge in [0, 0.05) is 13.1 Å². The van der Waals surface area contributed by atoms with E-state index >= 15 is 0 Å². The number of esters is 1. The third-order valence-corrected chi connectivity index (χ3v) is 5.43. The van der Waals surface area contributed by atoms with E-state index in [2.05, 4.69) is 6.92 Å². The van der Waals surface area contributed by atoms with Gasteiger partial charge in [-0.1, -0.05) is 69.4 Å².